The molecule has 0 amide bonds. The van der Waals surface area contributed by atoms with E-state index in [2.05, 4.69) is 4.98 Å². The van der Waals surface area contributed by atoms with Crippen LogP contribution in [0.25, 0.3) is 0 Å². The van der Waals surface area contributed by atoms with E-state index in [0.717, 1.165) is 23.8 Å². The van der Waals surface area contributed by atoms with Gasteiger partial charge < -0.3 is 4.74 Å². The van der Waals surface area contributed by atoms with Crippen LogP contribution in [0.1, 0.15) is 16.8 Å². The Bertz CT molecular complexity index is 993. The normalized spacial score (nSPS) is 10.8. The van der Waals surface area contributed by atoms with Crippen molar-refractivity contribution in [2.75, 3.05) is 0 Å². The molecule has 3 aromatic rings. The zero-order valence-electron chi connectivity index (χ0n) is 13.7. The van der Waals surface area contributed by atoms with Crippen LogP contribution in [-0.4, -0.2) is 9.55 Å². The van der Waals surface area contributed by atoms with E-state index < -0.39 is 22.9 Å². The number of hydrogen-bond donors (Lipinski definition) is 1. The number of benzene rings is 2. The molecule has 0 bridgehead atoms. The summed E-state index contributed by atoms with van der Waals surface area (Å²) >= 11 is 0. The van der Waals surface area contributed by atoms with Gasteiger partial charge in [0.2, 0.25) is 0 Å². The highest BCUT2D eigenvalue weighted by Gasteiger charge is 2.09. The molecule has 0 fully saturated rings. The second kappa shape index (κ2) is 7.88. The standard InChI is InChI=1S/C19H16F2N2O3/c20-15-6-14(7-16(21)9-15)8-17-10-18(24)22-19(25)23(17)12-26-11-13-4-2-1-3-5-13/h1-7,9-10H,8,11-12H2,(H,22,24,25). The molecule has 2 aromatic carbocycles. The van der Waals surface area contributed by atoms with Crippen molar-refractivity contribution in [3.05, 3.63) is 104 Å². The van der Waals surface area contributed by atoms with Gasteiger partial charge >= 0.3 is 5.69 Å². The molecule has 134 valence electrons. The zero-order chi connectivity index (χ0) is 18.5. The first-order valence-corrected chi connectivity index (χ1v) is 7.91. The van der Waals surface area contributed by atoms with Crippen molar-refractivity contribution in [3.63, 3.8) is 0 Å². The molecule has 0 aliphatic carbocycles. The number of rotatable bonds is 6. The Labute approximate surface area is 147 Å². The lowest BCUT2D eigenvalue weighted by atomic mass is 10.1. The van der Waals surface area contributed by atoms with E-state index in [0.29, 0.717) is 11.3 Å². The Hall–Kier alpha value is -3.06. The topological polar surface area (TPSA) is 64.1 Å². The van der Waals surface area contributed by atoms with Crippen LogP contribution in [0, 0.1) is 11.6 Å². The SMILES string of the molecule is O=c1cc(Cc2cc(F)cc(F)c2)n(COCc2ccccc2)c(=O)[nH]1. The fourth-order valence-electron chi connectivity index (χ4n) is 2.61. The highest BCUT2D eigenvalue weighted by atomic mass is 19.1. The minimum Gasteiger partial charge on any atom is -0.356 e. The van der Waals surface area contributed by atoms with Gasteiger partial charge in [-0.25, -0.2) is 13.6 Å². The predicted octanol–water partition coefficient (Wildman–Crippen LogP) is 2.58. The van der Waals surface area contributed by atoms with E-state index in [1.807, 2.05) is 30.3 Å². The van der Waals surface area contributed by atoms with Crippen LogP contribution in [-0.2, 0) is 24.5 Å². The lowest BCUT2D eigenvalue weighted by molar-refractivity contribution is 0.0591. The summed E-state index contributed by atoms with van der Waals surface area (Å²) in [5, 5.41) is 0. The molecule has 0 atom stereocenters. The molecule has 0 aliphatic heterocycles. The maximum absolute atomic E-state index is 13.4. The minimum atomic E-state index is -0.723. The van der Waals surface area contributed by atoms with Crippen LogP contribution in [0.5, 0.6) is 0 Å². The van der Waals surface area contributed by atoms with Gasteiger partial charge in [0.15, 0.2) is 0 Å². The minimum absolute atomic E-state index is 0.0164. The van der Waals surface area contributed by atoms with Crippen LogP contribution in [0.4, 0.5) is 8.78 Å². The Morgan fingerprint density at radius 3 is 2.31 bits per heavy atom. The second-order valence-corrected chi connectivity index (χ2v) is 5.78. The Kier molecular flexibility index (Phi) is 5.38. The fraction of sp³-hybridized carbons (Fsp3) is 0.158. The summed E-state index contributed by atoms with van der Waals surface area (Å²) in [6, 6.07) is 13.7. The first kappa shape index (κ1) is 17.8. The van der Waals surface area contributed by atoms with Crippen molar-refractivity contribution >= 4 is 0 Å². The van der Waals surface area contributed by atoms with Gasteiger partial charge in [0, 0.05) is 24.2 Å². The van der Waals surface area contributed by atoms with Crippen LogP contribution < -0.4 is 11.2 Å². The summed E-state index contributed by atoms with van der Waals surface area (Å²) in [6.45, 7) is 0.179. The van der Waals surface area contributed by atoms with Gasteiger partial charge in [-0.2, -0.15) is 0 Å². The van der Waals surface area contributed by atoms with Gasteiger partial charge in [-0.05, 0) is 23.3 Å². The van der Waals surface area contributed by atoms with Gasteiger partial charge in [0.25, 0.3) is 5.56 Å². The number of H-pyrrole nitrogens is 1. The van der Waals surface area contributed by atoms with Crippen molar-refractivity contribution in [1.29, 1.82) is 0 Å². The Balaban J connectivity index is 1.82. The number of halogens is 2. The van der Waals surface area contributed by atoms with E-state index >= 15 is 0 Å². The summed E-state index contributed by atoms with van der Waals surface area (Å²) in [7, 11) is 0. The average Bonchev–Trinajstić information content (AvgIpc) is 2.57. The molecule has 1 aromatic heterocycles. The number of ether oxygens (including phenoxy) is 1. The number of aromatic amines is 1. The number of aromatic nitrogens is 2. The van der Waals surface area contributed by atoms with Crippen molar-refractivity contribution in [2.45, 2.75) is 19.8 Å². The number of nitrogens with zero attached hydrogens (tertiary/aromatic N) is 1. The molecule has 5 nitrogen and oxygen atoms in total. The van der Waals surface area contributed by atoms with Crippen molar-refractivity contribution in [3.8, 4) is 0 Å². The van der Waals surface area contributed by atoms with Gasteiger partial charge in [-0.1, -0.05) is 30.3 Å². The van der Waals surface area contributed by atoms with E-state index in [4.69, 9.17) is 4.74 Å². The Morgan fingerprint density at radius 2 is 1.62 bits per heavy atom. The second-order valence-electron chi connectivity index (χ2n) is 5.78. The first-order valence-electron chi connectivity index (χ1n) is 7.91. The van der Waals surface area contributed by atoms with Crippen molar-refractivity contribution in [1.82, 2.24) is 9.55 Å². The summed E-state index contributed by atoms with van der Waals surface area (Å²) in [5.74, 6) is -1.45. The largest absolute Gasteiger partial charge is 0.356 e. The first-order chi connectivity index (χ1) is 12.5. The van der Waals surface area contributed by atoms with E-state index in [-0.39, 0.29) is 19.8 Å². The van der Waals surface area contributed by atoms with E-state index in [1.54, 1.807) is 0 Å². The molecule has 0 spiro atoms. The monoisotopic (exact) mass is 358 g/mol. The molecule has 1 heterocycles. The van der Waals surface area contributed by atoms with Gasteiger partial charge in [-0.3, -0.25) is 14.3 Å². The molecular formula is C19H16F2N2O3. The number of nitrogens with one attached hydrogen (secondary N) is 1. The molecule has 0 unspecified atom stereocenters. The molecule has 3 rings (SSSR count). The van der Waals surface area contributed by atoms with Crippen LogP contribution in [0.3, 0.4) is 0 Å². The van der Waals surface area contributed by atoms with Crippen molar-refractivity contribution < 1.29 is 13.5 Å². The predicted molar refractivity (Wildman–Crippen MR) is 91.7 cm³/mol. The maximum Gasteiger partial charge on any atom is 0.330 e. The average molecular weight is 358 g/mol. The van der Waals surface area contributed by atoms with E-state index in [9.17, 15) is 18.4 Å². The van der Waals surface area contributed by atoms with Gasteiger partial charge in [0.1, 0.15) is 18.4 Å². The molecule has 0 radical (unpaired) electrons. The number of hydrogen-bond acceptors (Lipinski definition) is 3. The van der Waals surface area contributed by atoms with Crippen LogP contribution in [0.2, 0.25) is 0 Å². The summed E-state index contributed by atoms with van der Waals surface area (Å²) in [6.07, 6.45) is 0.0164. The van der Waals surface area contributed by atoms with Gasteiger partial charge in [-0.15, -0.1) is 0 Å². The third-order valence-electron chi connectivity index (χ3n) is 3.76. The van der Waals surface area contributed by atoms with Crippen LogP contribution >= 0.6 is 0 Å². The molecule has 0 saturated carbocycles. The summed E-state index contributed by atoms with van der Waals surface area (Å²) < 4.78 is 33.5. The quantitative estimate of drug-likeness (QED) is 0.737. The van der Waals surface area contributed by atoms with Crippen LogP contribution in [0.15, 0.2) is 64.2 Å². The highest BCUT2D eigenvalue weighted by molar-refractivity contribution is 5.23. The molecule has 1 N–H and O–H groups in total. The smallest absolute Gasteiger partial charge is 0.330 e. The lowest BCUT2D eigenvalue weighted by Gasteiger charge is -2.13. The lowest BCUT2D eigenvalue weighted by Crippen LogP contribution is -2.33. The molecule has 7 heteroatoms. The molecule has 0 saturated heterocycles. The fourth-order valence-corrected chi connectivity index (χ4v) is 2.61. The zero-order valence-corrected chi connectivity index (χ0v) is 13.7. The third-order valence-corrected chi connectivity index (χ3v) is 3.76. The molecule has 0 aliphatic rings. The highest BCUT2D eigenvalue weighted by Crippen LogP contribution is 2.12. The maximum atomic E-state index is 13.4. The van der Waals surface area contributed by atoms with Crippen molar-refractivity contribution in [2.24, 2.45) is 0 Å². The van der Waals surface area contributed by atoms with Gasteiger partial charge in [0.05, 0.1) is 6.61 Å². The van der Waals surface area contributed by atoms with E-state index in [1.165, 1.54) is 10.6 Å². The molecule has 26 heavy (non-hydrogen) atoms. The summed E-state index contributed by atoms with van der Waals surface area (Å²) in [4.78, 5) is 25.9. The Morgan fingerprint density at radius 1 is 0.923 bits per heavy atom. The third kappa shape index (κ3) is 4.52. The summed E-state index contributed by atoms with van der Waals surface area (Å²) in [5.41, 5.74) is 0.318. The molecular weight excluding hydrogens is 342 g/mol.